The summed E-state index contributed by atoms with van der Waals surface area (Å²) in [6, 6.07) is 3.49. The van der Waals surface area contributed by atoms with Gasteiger partial charge in [0.25, 0.3) is 5.91 Å². The second-order valence-corrected chi connectivity index (χ2v) is 4.99. The van der Waals surface area contributed by atoms with Crippen molar-refractivity contribution in [1.29, 1.82) is 0 Å². The number of carbonyl (C=O) groups excluding carboxylic acids is 1. The molecule has 0 aromatic carbocycles. The molecule has 1 aliphatic heterocycles. The topological polar surface area (TPSA) is 42.4 Å². The zero-order valence-electron chi connectivity index (χ0n) is 9.02. The highest BCUT2D eigenvalue weighted by molar-refractivity contribution is 9.09. The summed E-state index contributed by atoms with van der Waals surface area (Å²) in [7, 11) is 1.52. The Labute approximate surface area is 103 Å². The second-order valence-electron chi connectivity index (χ2n) is 3.70. The maximum absolute atomic E-state index is 12.2. The van der Waals surface area contributed by atoms with E-state index in [4.69, 9.17) is 4.74 Å². The van der Waals surface area contributed by atoms with Crippen LogP contribution in [0.2, 0.25) is 0 Å². The van der Waals surface area contributed by atoms with Gasteiger partial charge in [-0.15, -0.1) is 0 Å². The summed E-state index contributed by atoms with van der Waals surface area (Å²) in [6.07, 6.45) is 2.61. The number of alkyl halides is 1. The monoisotopic (exact) mass is 284 g/mol. The van der Waals surface area contributed by atoms with Crippen molar-refractivity contribution >= 4 is 21.8 Å². The first-order valence-electron chi connectivity index (χ1n) is 5.14. The lowest BCUT2D eigenvalue weighted by Gasteiger charge is -2.16. The Bertz CT molecular complexity index is 397. The molecule has 2 rings (SSSR count). The summed E-state index contributed by atoms with van der Waals surface area (Å²) >= 11 is 3.51. The van der Waals surface area contributed by atoms with Gasteiger partial charge in [0.1, 0.15) is 5.56 Å². The van der Waals surface area contributed by atoms with E-state index in [2.05, 4.69) is 20.9 Å². The van der Waals surface area contributed by atoms with Crippen LogP contribution in [0.4, 0.5) is 0 Å². The van der Waals surface area contributed by atoms with Crippen molar-refractivity contribution in [2.24, 2.45) is 0 Å². The largest absolute Gasteiger partial charge is 0.480 e. The Morgan fingerprint density at radius 3 is 3.12 bits per heavy atom. The number of ether oxygens (including phenoxy) is 1. The molecule has 86 valence electrons. The van der Waals surface area contributed by atoms with E-state index in [-0.39, 0.29) is 5.91 Å². The van der Waals surface area contributed by atoms with Gasteiger partial charge in [0, 0.05) is 24.1 Å². The fourth-order valence-electron chi connectivity index (χ4n) is 1.79. The number of hydrogen-bond acceptors (Lipinski definition) is 3. The molecule has 1 amide bonds. The number of hydrogen-bond donors (Lipinski definition) is 0. The van der Waals surface area contributed by atoms with Crippen LogP contribution in [-0.4, -0.2) is 40.8 Å². The van der Waals surface area contributed by atoms with Crippen LogP contribution in [0.3, 0.4) is 0 Å². The zero-order chi connectivity index (χ0) is 11.5. The third-order valence-corrected chi connectivity index (χ3v) is 3.36. The fraction of sp³-hybridized carbons (Fsp3) is 0.455. The summed E-state index contributed by atoms with van der Waals surface area (Å²) in [4.78, 5) is 18.4. The van der Waals surface area contributed by atoms with Gasteiger partial charge in [0.2, 0.25) is 5.88 Å². The highest BCUT2D eigenvalue weighted by atomic mass is 79.9. The summed E-state index contributed by atoms with van der Waals surface area (Å²) in [5.74, 6) is 0.387. The maximum Gasteiger partial charge on any atom is 0.259 e. The van der Waals surface area contributed by atoms with Crippen LogP contribution in [0.1, 0.15) is 16.8 Å². The molecule has 0 bridgehead atoms. The summed E-state index contributed by atoms with van der Waals surface area (Å²) < 4.78 is 5.08. The fourth-order valence-corrected chi connectivity index (χ4v) is 2.34. The van der Waals surface area contributed by atoms with E-state index in [1.807, 2.05) is 4.90 Å². The Morgan fingerprint density at radius 2 is 2.50 bits per heavy atom. The molecule has 1 aromatic heterocycles. The molecule has 1 saturated heterocycles. The van der Waals surface area contributed by atoms with E-state index >= 15 is 0 Å². The zero-order valence-corrected chi connectivity index (χ0v) is 10.6. The molecule has 5 heteroatoms. The number of amides is 1. The highest BCUT2D eigenvalue weighted by Gasteiger charge is 2.27. The summed E-state index contributed by atoms with van der Waals surface area (Å²) in [5, 5.41) is 0. The first-order chi connectivity index (χ1) is 7.72. The van der Waals surface area contributed by atoms with Crippen molar-refractivity contribution in [3.05, 3.63) is 23.9 Å². The molecule has 1 fully saturated rings. The van der Waals surface area contributed by atoms with E-state index in [1.54, 1.807) is 18.3 Å². The Morgan fingerprint density at radius 1 is 1.69 bits per heavy atom. The smallest absolute Gasteiger partial charge is 0.259 e. The number of halogens is 1. The number of pyridine rings is 1. The SMILES string of the molecule is COc1ncccc1C(=O)N1CCC(Br)C1. The standard InChI is InChI=1S/C11H13BrN2O2/c1-16-10-9(3-2-5-13-10)11(15)14-6-4-8(12)7-14/h2-3,5,8H,4,6-7H2,1H3. The van der Waals surface area contributed by atoms with Crippen molar-refractivity contribution in [2.45, 2.75) is 11.2 Å². The van der Waals surface area contributed by atoms with E-state index in [9.17, 15) is 4.79 Å². The van der Waals surface area contributed by atoms with E-state index < -0.39 is 0 Å². The van der Waals surface area contributed by atoms with Gasteiger partial charge in [-0.2, -0.15) is 0 Å². The van der Waals surface area contributed by atoms with Gasteiger partial charge in [-0.3, -0.25) is 4.79 Å². The number of rotatable bonds is 2. The van der Waals surface area contributed by atoms with Crippen molar-refractivity contribution in [1.82, 2.24) is 9.88 Å². The number of methoxy groups -OCH3 is 1. The first kappa shape index (κ1) is 11.4. The number of nitrogens with zero attached hydrogens (tertiary/aromatic N) is 2. The minimum Gasteiger partial charge on any atom is -0.480 e. The van der Waals surface area contributed by atoms with Gasteiger partial charge in [0.15, 0.2) is 0 Å². The molecule has 0 saturated carbocycles. The molecular weight excluding hydrogens is 272 g/mol. The van der Waals surface area contributed by atoms with Gasteiger partial charge in [-0.25, -0.2) is 4.98 Å². The van der Waals surface area contributed by atoms with Crippen molar-refractivity contribution in [3.8, 4) is 5.88 Å². The molecule has 16 heavy (non-hydrogen) atoms. The molecule has 0 radical (unpaired) electrons. The van der Waals surface area contributed by atoms with Gasteiger partial charge in [-0.05, 0) is 18.6 Å². The lowest BCUT2D eigenvalue weighted by Crippen LogP contribution is -2.29. The Balaban J connectivity index is 2.20. The van der Waals surface area contributed by atoms with Crippen LogP contribution in [0, 0.1) is 0 Å². The molecule has 1 unspecified atom stereocenters. The summed E-state index contributed by atoms with van der Waals surface area (Å²) in [6.45, 7) is 1.53. The van der Waals surface area contributed by atoms with Crippen molar-refractivity contribution in [3.63, 3.8) is 0 Å². The van der Waals surface area contributed by atoms with Gasteiger partial charge >= 0.3 is 0 Å². The number of likely N-dealkylation sites (tertiary alicyclic amines) is 1. The molecule has 1 aliphatic rings. The van der Waals surface area contributed by atoms with Crippen molar-refractivity contribution < 1.29 is 9.53 Å². The minimum atomic E-state index is -0.00750. The molecule has 0 spiro atoms. The molecule has 0 aliphatic carbocycles. The van der Waals surface area contributed by atoms with Crippen molar-refractivity contribution in [2.75, 3.05) is 20.2 Å². The normalized spacial score (nSPS) is 19.9. The van der Waals surface area contributed by atoms with Crippen LogP contribution in [0.15, 0.2) is 18.3 Å². The van der Waals surface area contributed by atoms with Crippen LogP contribution >= 0.6 is 15.9 Å². The minimum absolute atomic E-state index is 0.00750. The van der Waals surface area contributed by atoms with E-state index in [1.165, 1.54) is 7.11 Å². The third kappa shape index (κ3) is 2.19. The van der Waals surface area contributed by atoms with Gasteiger partial charge < -0.3 is 9.64 Å². The third-order valence-electron chi connectivity index (χ3n) is 2.61. The first-order valence-corrected chi connectivity index (χ1v) is 6.06. The lowest BCUT2D eigenvalue weighted by molar-refractivity contribution is 0.0789. The van der Waals surface area contributed by atoms with Crippen LogP contribution in [0.5, 0.6) is 5.88 Å². The maximum atomic E-state index is 12.2. The summed E-state index contributed by atoms with van der Waals surface area (Å²) in [5.41, 5.74) is 0.534. The average molecular weight is 285 g/mol. The van der Waals surface area contributed by atoms with Crippen LogP contribution in [-0.2, 0) is 0 Å². The van der Waals surface area contributed by atoms with Crippen LogP contribution < -0.4 is 4.74 Å². The second kappa shape index (κ2) is 4.82. The molecule has 1 aromatic rings. The van der Waals surface area contributed by atoms with E-state index in [0.717, 1.165) is 19.5 Å². The van der Waals surface area contributed by atoms with Gasteiger partial charge in [0.05, 0.1) is 7.11 Å². The predicted octanol–water partition coefficient (Wildman–Crippen LogP) is 1.70. The molecule has 4 nitrogen and oxygen atoms in total. The average Bonchev–Trinajstić information content (AvgIpc) is 2.75. The molecular formula is C11H13BrN2O2. The highest BCUT2D eigenvalue weighted by Crippen LogP contribution is 2.22. The number of aromatic nitrogens is 1. The predicted molar refractivity (Wildman–Crippen MR) is 64.0 cm³/mol. The van der Waals surface area contributed by atoms with Gasteiger partial charge in [-0.1, -0.05) is 15.9 Å². The Hall–Kier alpha value is -1.10. The lowest BCUT2D eigenvalue weighted by atomic mass is 10.2. The quantitative estimate of drug-likeness (QED) is 0.777. The number of carbonyl (C=O) groups is 1. The molecule has 1 atom stereocenters. The van der Waals surface area contributed by atoms with Crippen LogP contribution in [0.25, 0.3) is 0 Å². The molecule has 2 heterocycles. The molecule has 0 N–H and O–H groups in total. The van der Waals surface area contributed by atoms with E-state index in [0.29, 0.717) is 16.3 Å². The Kier molecular flexibility index (Phi) is 3.43.